The molecule has 1 aromatic rings. The predicted molar refractivity (Wildman–Crippen MR) is 84.5 cm³/mol. The quantitative estimate of drug-likeness (QED) is 0.360. The molecule has 1 atom stereocenters. The number of aromatic hydroxyl groups is 1. The van der Waals surface area contributed by atoms with Crippen LogP contribution in [0.25, 0.3) is 0 Å². The zero-order chi connectivity index (χ0) is 17.7. The Balaban J connectivity index is 0.00000312. The molecule has 0 spiro atoms. The average molecular weight is 377 g/mol. The van der Waals surface area contributed by atoms with Crippen molar-refractivity contribution in [1.82, 2.24) is 0 Å². The first-order valence-electron chi connectivity index (χ1n) is 7.01. The van der Waals surface area contributed by atoms with Gasteiger partial charge in [0.2, 0.25) is 0 Å². The summed E-state index contributed by atoms with van der Waals surface area (Å²) in [6.45, 7) is 1.29. The molecule has 25 heavy (non-hydrogen) atoms. The maximum absolute atomic E-state index is 11.1. The van der Waals surface area contributed by atoms with Gasteiger partial charge in [-0.25, -0.2) is 4.79 Å². The van der Waals surface area contributed by atoms with Gasteiger partial charge in [-0.3, -0.25) is 4.99 Å². The van der Waals surface area contributed by atoms with Crippen molar-refractivity contribution >= 4 is 28.7 Å². The molecular formula is C15H16NNaO7S. The number of benzene rings is 1. The van der Waals surface area contributed by atoms with Crippen molar-refractivity contribution in [3.05, 3.63) is 23.8 Å². The third-order valence-corrected chi connectivity index (χ3v) is 4.49. The first-order valence-corrected chi connectivity index (χ1v) is 8.00. The van der Waals surface area contributed by atoms with Crippen molar-refractivity contribution in [2.24, 2.45) is 4.99 Å². The first-order chi connectivity index (χ1) is 11.3. The van der Waals surface area contributed by atoms with Crippen LogP contribution in [-0.4, -0.2) is 58.3 Å². The SMILES string of the molecule is C[C@]1(C(=O)[O-])CSC(c2ccc(OCCOCC(=O)O)cc2O)=N1.[Na+]. The number of carbonyl (C=O) groups is 2. The molecule has 0 radical (unpaired) electrons. The van der Waals surface area contributed by atoms with E-state index in [1.807, 2.05) is 0 Å². The van der Waals surface area contributed by atoms with Gasteiger partial charge in [0.1, 0.15) is 35.3 Å². The Morgan fingerprint density at radius 2 is 2.12 bits per heavy atom. The maximum Gasteiger partial charge on any atom is 1.00 e. The molecule has 0 unspecified atom stereocenters. The minimum atomic E-state index is -1.30. The van der Waals surface area contributed by atoms with E-state index >= 15 is 0 Å². The number of carboxylic acids is 2. The predicted octanol–water partition coefficient (Wildman–Crippen LogP) is -3.12. The van der Waals surface area contributed by atoms with E-state index in [4.69, 9.17) is 14.6 Å². The second-order valence-corrected chi connectivity index (χ2v) is 6.20. The third-order valence-electron chi connectivity index (χ3n) is 3.20. The normalized spacial score (nSPS) is 19.0. The fourth-order valence-corrected chi connectivity index (χ4v) is 3.09. The van der Waals surface area contributed by atoms with E-state index in [-0.39, 0.29) is 54.3 Å². The Morgan fingerprint density at radius 1 is 1.40 bits per heavy atom. The molecule has 0 amide bonds. The largest absolute Gasteiger partial charge is 1.00 e. The summed E-state index contributed by atoms with van der Waals surface area (Å²) in [7, 11) is 0. The second kappa shape index (κ2) is 9.44. The van der Waals surface area contributed by atoms with Gasteiger partial charge in [0.05, 0.1) is 12.6 Å². The summed E-state index contributed by atoms with van der Waals surface area (Å²) in [4.78, 5) is 25.5. The molecule has 130 valence electrons. The van der Waals surface area contributed by atoms with Crippen LogP contribution in [0.5, 0.6) is 11.5 Å². The zero-order valence-corrected chi connectivity index (χ0v) is 16.7. The Morgan fingerprint density at radius 3 is 2.68 bits per heavy atom. The molecule has 10 heteroatoms. The number of thioether (sulfide) groups is 1. The summed E-state index contributed by atoms with van der Waals surface area (Å²) >= 11 is 1.23. The smallest absolute Gasteiger partial charge is 0.547 e. The van der Waals surface area contributed by atoms with Gasteiger partial charge in [0.25, 0.3) is 0 Å². The third kappa shape index (κ3) is 5.89. The molecule has 8 nitrogen and oxygen atoms in total. The number of aliphatic imine (C=N–C) groups is 1. The number of phenols is 1. The minimum Gasteiger partial charge on any atom is -0.547 e. The van der Waals surface area contributed by atoms with Crippen LogP contribution < -0.4 is 39.4 Å². The molecule has 0 aromatic heterocycles. The van der Waals surface area contributed by atoms with Crippen molar-refractivity contribution in [2.75, 3.05) is 25.6 Å². The van der Waals surface area contributed by atoms with E-state index in [0.717, 1.165) is 0 Å². The number of aliphatic carboxylic acids is 2. The number of phenolic OH excluding ortho intramolecular Hbond substituents is 1. The second-order valence-electron chi connectivity index (χ2n) is 5.24. The number of nitrogens with zero attached hydrogens (tertiary/aromatic N) is 1. The number of carboxylic acid groups (broad SMARTS) is 2. The molecule has 0 saturated carbocycles. The van der Waals surface area contributed by atoms with Crippen LogP contribution in [0.4, 0.5) is 0 Å². The van der Waals surface area contributed by atoms with Crippen molar-refractivity contribution < 1.29 is 63.9 Å². The van der Waals surface area contributed by atoms with Crippen LogP contribution in [0.1, 0.15) is 12.5 Å². The van der Waals surface area contributed by atoms with E-state index in [1.54, 1.807) is 12.1 Å². The van der Waals surface area contributed by atoms with Crippen LogP contribution in [0.3, 0.4) is 0 Å². The molecule has 0 aliphatic carbocycles. The fourth-order valence-electron chi connectivity index (χ4n) is 1.90. The van der Waals surface area contributed by atoms with Gasteiger partial charge in [0, 0.05) is 17.4 Å². The van der Waals surface area contributed by atoms with E-state index in [9.17, 15) is 19.8 Å². The van der Waals surface area contributed by atoms with E-state index in [1.165, 1.54) is 24.8 Å². The van der Waals surface area contributed by atoms with E-state index < -0.39 is 24.1 Å². The minimum absolute atomic E-state index is 0. The van der Waals surface area contributed by atoms with Crippen LogP contribution >= 0.6 is 11.8 Å². The monoisotopic (exact) mass is 377 g/mol. The Hall–Kier alpha value is -1.26. The van der Waals surface area contributed by atoms with Gasteiger partial charge in [-0.1, -0.05) is 0 Å². The summed E-state index contributed by atoms with van der Waals surface area (Å²) in [5.74, 6) is -1.79. The number of carbonyl (C=O) groups excluding carboxylic acids is 1. The fraction of sp³-hybridized carbons (Fsp3) is 0.400. The Kier molecular flexibility index (Phi) is 8.23. The Labute approximate surface area is 170 Å². The van der Waals surface area contributed by atoms with Gasteiger partial charge in [-0.2, -0.15) is 0 Å². The van der Waals surface area contributed by atoms with Gasteiger partial charge < -0.3 is 29.6 Å². The molecule has 0 bridgehead atoms. The number of rotatable bonds is 8. The van der Waals surface area contributed by atoms with E-state index in [0.29, 0.717) is 16.4 Å². The van der Waals surface area contributed by atoms with E-state index in [2.05, 4.69) is 4.99 Å². The molecule has 0 fully saturated rings. The molecule has 0 saturated heterocycles. The number of ether oxygens (including phenoxy) is 2. The summed E-state index contributed by atoms with van der Waals surface area (Å²) in [6.07, 6.45) is 0. The van der Waals surface area contributed by atoms with Crippen molar-refractivity contribution in [1.29, 1.82) is 0 Å². The molecule has 1 aromatic carbocycles. The van der Waals surface area contributed by atoms with Crippen LogP contribution in [-0.2, 0) is 14.3 Å². The molecular weight excluding hydrogens is 361 g/mol. The van der Waals surface area contributed by atoms with Gasteiger partial charge in [-0.15, -0.1) is 11.8 Å². The van der Waals surface area contributed by atoms with Gasteiger partial charge in [0.15, 0.2) is 0 Å². The average Bonchev–Trinajstić information content (AvgIpc) is 2.90. The van der Waals surface area contributed by atoms with Crippen LogP contribution in [0.2, 0.25) is 0 Å². The topological polar surface area (TPSA) is 128 Å². The number of hydrogen-bond acceptors (Lipinski definition) is 8. The van der Waals surface area contributed by atoms with Crippen molar-refractivity contribution in [3.8, 4) is 11.5 Å². The summed E-state index contributed by atoms with van der Waals surface area (Å²) in [5, 5.41) is 30.0. The molecule has 1 aliphatic rings. The first kappa shape index (κ1) is 21.8. The van der Waals surface area contributed by atoms with Gasteiger partial charge >= 0.3 is 35.5 Å². The van der Waals surface area contributed by atoms with Crippen molar-refractivity contribution in [2.45, 2.75) is 12.5 Å². The molecule has 2 rings (SSSR count). The van der Waals surface area contributed by atoms with Crippen molar-refractivity contribution in [3.63, 3.8) is 0 Å². The molecule has 1 aliphatic heterocycles. The molecule has 2 N–H and O–H groups in total. The summed E-state index contributed by atoms with van der Waals surface area (Å²) < 4.78 is 10.2. The summed E-state index contributed by atoms with van der Waals surface area (Å²) in [6, 6.07) is 4.56. The number of hydrogen-bond donors (Lipinski definition) is 2. The van der Waals surface area contributed by atoms with Crippen LogP contribution in [0, 0.1) is 0 Å². The summed E-state index contributed by atoms with van der Waals surface area (Å²) in [5.41, 5.74) is -0.886. The molecule has 1 heterocycles. The zero-order valence-electron chi connectivity index (χ0n) is 13.9. The maximum atomic E-state index is 11.1. The van der Waals surface area contributed by atoms with Crippen LogP contribution in [0.15, 0.2) is 23.2 Å². The standard InChI is InChI=1S/C15H17NO7S.Na/c1-15(14(20)21)8-24-13(16-15)10-3-2-9(6-11(10)17)23-5-4-22-7-12(18)19;/h2-3,6,17H,4-5,7-8H2,1H3,(H,18,19)(H,20,21);/q;+1/p-1/t15-;/m1./s1. The van der Waals surface area contributed by atoms with Gasteiger partial charge in [-0.05, 0) is 19.1 Å². The Bertz CT molecular complexity index is 682.